The lowest BCUT2D eigenvalue weighted by atomic mass is 9.77. The molecule has 0 spiro atoms. The Balaban J connectivity index is 1.31. The summed E-state index contributed by atoms with van der Waals surface area (Å²) in [6.07, 6.45) is 1.69. The van der Waals surface area contributed by atoms with E-state index in [4.69, 9.17) is 25.1 Å². The van der Waals surface area contributed by atoms with E-state index in [1.165, 1.54) is 0 Å². The Bertz CT molecular complexity index is 2160. The highest BCUT2D eigenvalue weighted by atomic mass is 17.2. The van der Waals surface area contributed by atoms with Crippen LogP contribution in [0.4, 0.5) is 0 Å². The fraction of sp³-hybridized carbons (Fsp3) is 0.244. The van der Waals surface area contributed by atoms with Gasteiger partial charge in [0.25, 0.3) is 0 Å². The molecular weight excluding hydrogens is 673 g/mol. The van der Waals surface area contributed by atoms with Crippen LogP contribution in [0.25, 0.3) is 22.5 Å². The highest BCUT2D eigenvalue weighted by molar-refractivity contribution is 5.81. The van der Waals surface area contributed by atoms with Gasteiger partial charge in [-0.1, -0.05) is 146 Å². The fourth-order valence-corrected chi connectivity index (χ4v) is 7.34. The predicted molar refractivity (Wildman–Crippen MR) is 210 cm³/mol. The van der Waals surface area contributed by atoms with Gasteiger partial charge >= 0.3 is 0 Å². The van der Waals surface area contributed by atoms with E-state index >= 15 is 0 Å². The lowest BCUT2D eigenvalue weighted by Crippen LogP contribution is -2.39. The van der Waals surface area contributed by atoms with E-state index < -0.39 is 11.1 Å². The van der Waals surface area contributed by atoms with Crippen LogP contribution in [-0.2, 0) is 40.5 Å². The van der Waals surface area contributed by atoms with E-state index in [0.29, 0.717) is 24.7 Å². The standard InChI is InChI=1S/C45H46N6O3/c1-5-18-41-46-42(44(3,4)52)40(32-54-53-6-2)50(41)31-33-27-29-34(30-28-33)38-25-16-17-26-39(38)43-47-48-49-51(43)45(35-19-10-7-11-20-35,36-21-12-8-13-22-36)37-23-14-9-15-24-37/h7-17,19-30,52H,5-6,18,31-32H2,1-4H3. The summed E-state index contributed by atoms with van der Waals surface area (Å²) in [5.41, 5.74) is 6.56. The first-order valence-electron chi connectivity index (χ1n) is 18.6. The lowest BCUT2D eigenvalue weighted by Gasteiger charge is -2.36. The zero-order valence-electron chi connectivity index (χ0n) is 31.3. The third-order valence-electron chi connectivity index (χ3n) is 9.74. The van der Waals surface area contributed by atoms with Crippen molar-refractivity contribution in [3.63, 3.8) is 0 Å². The molecule has 0 fully saturated rings. The number of tetrazole rings is 1. The van der Waals surface area contributed by atoms with Crippen molar-refractivity contribution < 1.29 is 14.9 Å². The van der Waals surface area contributed by atoms with Gasteiger partial charge in [-0.25, -0.2) is 19.4 Å². The van der Waals surface area contributed by atoms with Gasteiger partial charge in [-0.05, 0) is 71.0 Å². The van der Waals surface area contributed by atoms with Gasteiger partial charge in [0.1, 0.15) is 23.6 Å². The van der Waals surface area contributed by atoms with Crippen molar-refractivity contribution in [1.82, 2.24) is 29.8 Å². The van der Waals surface area contributed by atoms with Crippen molar-refractivity contribution in [2.24, 2.45) is 0 Å². The van der Waals surface area contributed by atoms with E-state index in [-0.39, 0.29) is 6.61 Å². The summed E-state index contributed by atoms with van der Waals surface area (Å²) in [7, 11) is 0. The van der Waals surface area contributed by atoms with Crippen molar-refractivity contribution >= 4 is 0 Å². The molecule has 9 nitrogen and oxygen atoms in total. The second-order valence-electron chi connectivity index (χ2n) is 13.9. The Labute approximate surface area is 316 Å². The number of nitrogens with zero attached hydrogens (tertiary/aromatic N) is 6. The highest BCUT2D eigenvalue weighted by Crippen LogP contribution is 2.43. The maximum absolute atomic E-state index is 11.0. The molecule has 0 saturated carbocycles. The predicted octanol–water partition coefficient (Wildman–Crippen LogP) is 8.74. The van der Waals surface area contributed by atoms with Crippen LogP contribution < -0.4 is 0 Å². The van der Waals surface area contributed by atoms with Gasteiger partial charge in [0.2, 0.25) is 0 Å². The fourth-order valence-electron chi connectivity index (χ4n) is 7.34. The minimum Gasteiger partial charge on any atom is -0.384 e. The van der Waals surface area contributed by atoms with E-state index in [1.807, 2.05) is 41.9 Å². The van der Waals surface area contributed by atoms with Gasteiger partial charge in [0.05, 0.1) is 18.0 Å². The van der Waals surface area contributed by atoms with Crippen molar-refractivity contribution in [1.29, 1.82) is 0 Å². The minimum absolute atomic E-state index is 0.181. The Morgan fingerprint density at radius 3 is 1.76 bits per heavy atom. The van der Waals surface area contributed by atoms with Gasteiger partial charge in [0, 0.05) is 18.5 Å². The summed E-state index contributed by atoms with van der Waals surface area (Å²) in [6.45, 7) is 8.69. The third-order valence-corrected chi connectivity index (χ3v) is 9.74. The van der Waals surface area contributed by atoms with Crippen LogP contribution in [-0.4, -0.2) is 41.5 Å². The second-order valence-corrected chi connectivity index (χ2v) is 13.9. The molecule has 0 bridgehead atoms. The molecule has 0 atom stereocenters. The molecule has 2 heterocycles. The largest absolute Gasteiger partial charge is 0.384 e. The average Bonchev–Trinajstić information content (AvgIpc) is 3.83. The highest BCUT2D eigenvalue weighted by Gasteiger charge is 2.42. The zero-order valence-corrected chi connectivity index (χ0v) is 31.3. The molecule has 1 N–H and O–H groups in total. The quantitative estimate of drug-likeness (QED) is 0.0490. The Kier molecular flexibility index (Phi) is 10.9. The number of aromatic nitrogens is 6. The monoisotopic (exact) mass is 718 g/mol. The van der Waals surface area contributed by atoms with Gasteiger partial charge in [-0.2, -0.15) is 0 Å². The minimum atomic E-state index is -1.14. The molecule has 2 aromatic heterocycles. The molecule has 274 valence electrons. The molecule has 0 aliphatic heterocycles. The number of hydrogen-bond acceptors (Lipinski definition) is 7. The molecule has 54 heavy (non-hydrogen) atoms. The summed E-state index contributed by atoms with van der Waals surface area (Å²) in [6, 6.07) is 48.1. The Morgan fingerprint density at radius 2 is 1.22 bits per heavy atom. The van der Waals surface area contributed by atoms with Gasteiger partial charge in [-0.15, -0.1) is 5.10 Å². The number of rotatable bonds is 15. The summed E-state index contributed by atoms with van der Waals surface area (Å²) >= 11 is 0. The molecule has 7 aromatic rings. The van der Waals surface area contributed by atoms with Crippen LogP contribution in [0.1, 0.15) is 73.6 Å². The first-order chi connectivity index (χ1) is 26.4. The Hall–Kier alpha value is -5.74. The normalized spacial score (nSPS) is 11.9. The Morgan fingerprint density at radius 1 is 0.667 bits per heavy atom. The first-order valence-corrected chi connectivity index (χ1v) is 18.6. The molecule has 0 amide bonds. The number of hydrogen-bond donors (Lipinski definition) is 1. The summed E-state index contributed by atoms with van der Waals surface area (Å²) < 4.78 is 4.13. The topological polar surface area (TPSA) is 100 Å². The van der Waals surface area contributed by atoms with E-state index in [2.05, 4.69) is 126 Å². The summed E-state index contributed by atoms with van der Waals surface area (Å²) in [5, 5.41) is 24.9. The molecule has 0 radical (unpaired) electrons. The summed E-state index contributed by atoms with van der Waals surface area (Å²) in [5.74, 6) is 1.55. The van der Waals surface area contributed by atoms with Crippen LogP contribution in [0.3, 0.4) is 0 Å². The van der Waals surface area contributed by atoms with Gasteiger partial charge in [-0.3, -0.25) is 0 Å². The van der Waals surface area contributed by atoms with Gasteiger partial charge < -0.3 is 9.67 Å². The molecule has 7 rings (SSSR count). The molecule has 5 aromatic carbocycles. The van der Waals surface area contributed by atoms with E-state index in [9.17, 15) is 5.11 Å². The number of benzene rings is 5. The van der Waals surface area contributed by atoms with Crippen LogP contribution >= 0.6 is 0 Å². The molecular formula is C45H46N6O3. The van der Waals surface area contributed by atoms with Crippen LogP contribution in [0.2, 0.25) is 0 Å². The zero-order chi connectivity index (χ0) is 37.5. The number of aryl methyl sites for hydroxylation is 1. The van der Waals surface area contributed by atoms with Crippen LogP contribution in [0.15, 0.2) is 140 Å². The summed E-state index contributed by atoms with van der Waals surface area (Å²) in [4.78, 5) is 15.7. The number of aliphatic hydroxyl groups is 1. The smallest absolute Gasteiger partial charge is 0.184 e. The lowest BCUT2D eigenvalue weighted by molar-refractivity contribution is -0.301. The first kappa shape index (κ1) is 36.6. The number of imidazole rings is 1. The van der Waals surface area contributed by atoms with Crippen LogP contribution in [0.5, 0.6) is 0 Å². The molecule has 9 heteroatoms. The van der Waals surface area contributed by atoms with Crippen molar-refractivity contribution in [3.8, 4) is 22.5 Å². The SMILES string of the molecule is CCCc1nc(C(C)(C)O)c(COOCC)n1Cc1ccc(-c2ccccc2-c2nnnn2C(c2ccccc2)(c2ccccc2)c2ccccc2)cc1. The second kappa shape index (κ2) is 16.1. The van der Waals surface area contributed by atoms with Crippen molar-refractivity contribution in [2.75, 3.05) is 6.61 Å². The average molecular weight is 719 g/mol. The molecule has 0 saturated heterocycles. The maximum atomic E-state index is 11.0. The molecule has 0 aliphatic carbocycles. The van der Waals surface area contributed by atoms with Gasteiger partial charge in [0.15, 0.2) is 5.82 Å². The maximum Gasteiger partial charge on any atom is 0.184 e. The van der Waals surface area contributed by atoms with Crippen molar-refractivity contribution in [3.05, 3.63) is 179 Å². The van der Waals surface area contributed by atoms with Crippen LogP contribution in [0, 0.1) is 0 Å². The molecule has 0 aliphatic rings. The molecule has 0 unspecified atom stereocenters. The van der Waals surface area contributed by atoms with Crippen molar-refractivity contribution in [2.45, 2.75) is 64.8 Å². The third kappa shape index (κ3) is 7.13. The van der Waals surface area contributed by atoms with E-state index in [0.717, 1.165) is 63.3 Å². The van der Waals surface area contributed by atoms with E-state index in [1.54, 1.807) is 13.8 Å².